The van der Waals surface area contributed by atoms with Crippen LogP contribution in [0.3, 0.4) is 0 Å². The number of para-hydroxylation sites is 1. The molecule has 146 valence electrons. The van der Waals surface area contributed by atoms with Gasteiger partial charge < -0.3 is 14.5 Å². The summed E-state index contributed by atoms with van der Waals surface area (Å²) < 4.78 is 10.9. The number of benzene rings is 2. The fourth-order valence-corrected chi connectivity index (χ4v) is 3.63. The first-order valence-electron chi connectivity index (χ1n) is 8.84. The Morgan fingerprint density at radius 2 is 1.79 bits per heavy atom. The molecule has 1 aromatic heterocycles. The molecule has 0 aliphatic rings. The topological polar surface area (TPSA) is 68.5 Å². The molecule has 0 spiro atoms. The molecule has 1 N–H and O–H groups in total. The Bertz CT molecular complexity index is 1020. The molecule has 3 rings (SSSR count). The van der Waals surface area contributed by atoms with E-state index in [0.29, 0.717) is 30.1 Å². The molecule has 1 amide bonds. The Balaban J connectivity index is 1.90. The van der Waals surface area contributed by atoms with Gasteiger partial charge in [-0.2, -0.15) is 0 Å². The number of hydrogen-bond acceptors (Lipinski definition) is 4. The third-order valence-electron chi connectivity index (χ3n) is 4.34. The summed E-state index contributed by atoms with van der Waals surface area (Å²) in [6, 6.07) is 10.3. The van der Waals surface area contributed by atoms with Crippen molar-refractivity contribution in [3.05, 3.63) is 63.3 Å². The van der Waals surface area contributed by atoms with Crippen LogP contribution in [-0.4, -0.2) is 18.5 Å². The van der Waals surface area contributed by atoms with Crippen molar-refractivity contribution in [1.82, 2.24) is 0 Å². The van der Waals surface area contributed by atoms with E-state index in [2.05, 4.69) is 5.32 Å². The molecular formula is C21H19Cl2NO4. The van der Waals surface area contributed by atoms with Crippen molar-refractivity contribution in [2.45, 2.75) is 26.7 Å². The van der Waals surface area contributed by atoms with Crippen LogP contribution in [0.2, 0.25) is 10.0 Å². The average Bonchev–Trinajstić information content (AvgIpc) is 2.96. The highest BCUT2D eigenvalue weighted by molar-refractivity contribution is 6.40. The lowest BCUT2D eigenvalue weighted by molar-refractivity contribution is -0.143. The van der Waals surface area contributed by atoms with E-state index in [0.717, 1.165) is 10.9 Å². The number of esters is 1. The first-order chi connectivity index (χ1) is 13.4. The zero-order valence-electron chi connectivity index (χ0n) is 15.5. The van der Waals surface area contributed by atoms with Gasteiger partial charge in [0.15, 0.2) is 5.58 Å². The van der Waals surface area contributed by atoms with Crippen LogP contribution in [0, 0.1) is 6.92 Å². The number of ether oxygens (including phenoxy) is 1. The molecule has 0 saturated carbocycles. The lowest BCUT2D eigenvalue weighted by atomic mass is 10.1. The summed E-state index contributed by atoms with van der Waals surface area (Å²) in [5.41, 5.74) is 2.16. The molecule has 0 radical (unpaired) electrons. The molecule has 0 atom stereocenters. The maximum Gasteiger partial charge on any atom is 0.306 e. The average molecular weight is 420 g/mol. The molecular weight excluding hydrogens is 401 g/mol. The van der Waals surface area contributed by atoms with E-state index in [9.17, 15) is 9.59 Å². The zero-order chi connectivity index (χ0) is 20.3. The fourth-order valence-electron chi connectivity index (χ4n) is 3.06. The molecule has 3 aromatic rings. The van der Waals surface area contributed by atoms with Gasteiger partial charge in [0.2, 0.25) is 0 Å². The number of carbonyl (C=O) groups excluding carboxylic acids is 2. The molecule has 2 aromatic carbocycles. The molecule has 5 nitrogen and oxygen atoms in total. The van der Waals surface area contributed by atoms with Crippen LogP contribution in [-0.2, 0) is 16.0 Å². The zero-order valence-corrected chi connectivity index (χ0v) is 17.0. The number of anilines is 1. The van der Waals surface area contributed by atoms with Crippen molar-refractivity contribution in [1.29, 1.82) is 0 Å². The summed E-state index contributed by atoms with van der Waals surface area (Å²) in [5.74, 6) is 0.0102. The van der Waals surface area contributed by atoms with Gasteiger partial charge in [0.25, 0.3) is 5.91 Å². The predicted molar refractivity (Wildman–Crippen MR) is 110 cm³/mol. The standard InChI is InChI=1S/C21H19Cl2NO4/c1-3-27-18(25)11-10-13-12(2)28-20-14(13)6-4-9-17(20)24-21(26)19-15(22)7-5-8-16(19)23/h4-9H,3,10-11H2,1-2H3,(H,24,26). The van der Waals surface area contributed by atoms with Crippen molar-refractivity contribution in [2.24, 2.45) is 0 Å². The minimum absolute atomic E-state index is 0.202. The first-order valence-corrected chi connectivity index (χ1v) is 9.60. The number of furan rings is 1. The Kier molecular flexibility index (Phi) is 6.27. The molecule has 0 fully saturated rings. The van der Waals surface area contributed by atoms with Gasteiger partial charge in [-0.1, -0.05) is 41.4 Å². The minimum Gasteiger partial charge on any atom is -0.466 e. The van der Waals surface area contributed by atoms with Crippen LogP contribution in [0.15, 0.2) is 40.8 Å². The van der Waals surface area contributed by atoms with Crippen LogP contribution < -0.4 is 5.32 Å². The van der Waals surface area contributed by atoms with Gasteiger partial charge in [-0.25, -0.2) is 0 Å². The van der Waals surface area contributed by atoms with Gasteiger partial charge in [0, 0.05) is 17.4 Å². The SMILES string of the molecule is CCOC(=O)CCc1c(C)oc2c(NC(=O)c3c(Cl)cccc3Cl)cccc12. The number of halogens is 2. The number of rotatable bonds is 6. The van der Waals surface area contributed by atoms with Gasteiger partial charge in [-0.3, -0.25) is 9.59 Å². The highest BCUT2D eigenvalue weighted by atomic mass is 35.5. The van der Waals surface area contributed by atoms with E-state index < -0.39 is 5.91 Å². The summed E-state index contributed by atoms with van der Waals surface area (Å²) in [7, 11) is 0. The maximum atomic E-state index is 12.7. The molecule has 0 aliphatic heterocycles. The number of nitrogens with one attached hydrogen (secondary N) is 1. The fraction of sp³-hybridized carbons (Fsp3) is 0.238. The first kappa shape index (κ1) is 20.2. The quantitative estimate of drug-likeness (QED) is 0.512. The lowest BCUT2D eigenvalue weighted by Crippen LogP contribution is -2.13. The van der Waals surface area contributed by atoms with E-state index in [-0.39, 0.29) is 28.0 Å². The Hall–Kier alpha value is -2.50. The van der Waals surface area contributed by atoms with Crippen LogP contribution in [0.25, 0.3) is 11.0 Å². The summed E-state index contributed by atoms with van der Waals surface area (Å²) in [6.45, 7) is 3.96. The summed E-state index contributed by atoms with van der Waals surface area (Å²) in [5, 5.41) is 4.19. The van der Waals surface area contributed by atoms with Crippen molar-refractivity contribution >= 4 is 51.7 Å². The Morgan fingerprint density at radius 1 is 1.11 bits per heavy atom. The summed E-state index contributed by atoms with van der Waals surface area (Å²) >= 11 is 12.2. The van der Waals surface area contributed by atoms with E-state index in [1.165, 1.54) is 0 Å². The molecule has 1 heterocycles. The summed E-state index contributed by atoms with van der Waals surface area (Å²) in [4.78, 5) is 24.4. The third kappa shape index (κ3) is 4.16. The number of amides is 1. The largest absolute Gasteiger partial charge is 0.466 e. The van der Waals surface area contributed by atoms with Crippen molar-refractivity contribution in [3.8, 4) is 0 Å². The Morgan fingerprint density at radius 3 is 2.46 bits per heavy atom. The lowest BCUT2D eigenvalue weighted by Gasteiger charge is -2.09. The molecule has 0 aliphatic carbocycles. The predicted octanol–water partition coefficient (Wildman–Crippen LogP) is 5.80. The number of carbonyl (C=O) groups is 2. The molecule has 0 saturated heterocycles. The maximum absolute atomic E-state index is 12.7. The van der Waals surface area contributed by atoms with Gasteiger partial charge in [-0.15, -0.1) is 0 Å². The van der Waals surface area contributed by atoms with E-state index in [4.69, 9.17) is 32.4 Å². The second-order valence-electron chi connectivity index (χ2n) is 6.17. The van der Waals surface area contributed by atoms with Crippen LogP contribution in [0.1, 0.15) is 35.0 Å². The monoisotopic (exact) mass is 419 g/mol. The molecule has 28 heavy (non-hydrogen) atoms. The van der Waals surface area contributed by atoms with Crippen LogP contribution in [0.5, 0.6) is 0 Å². The number of fused-ring (bicyclic) bond motifs is 1. The van der Waals surface area contributed by atoms with Gasteiger partial charge >= 0.3 is 5.97 Å². The minimum atomic E-state index is -0.426. The molecule has 0 bridgehead atoms. The van der Waals surface area contributed by atoms with Crippen molar-refractivity contribution in [2.75, 3.05) is 11.9 Å². The van der Waals surface area contributed by atoms with Crippen molar-refractivity contribution < 1.29 is 18.7 Å². The van der Waals surface area contributed by atoms with E-state index in [1.807, 2.05) is 19.1 Å². The van der Waals surface area contributed by atoms with Gasteiger partial charge in [-0.05, 0) is 38.5 Å². The number of hydrogen-bond donors (Lipinski definition) is 1. The van der Waals surface area contributed by atoms with Crippen LogP contribution in [0.4, 0.5) is 5.69 Å². The van der Waals surface area contributed by atoms with Crippen molar-refractivity contribution in [3.63, 3.8) is 0 Å². The molecule has 7 heteroatoms. The smallest absolute Gasteiger partial charge is 0.306 e. The Labute approximate surface area is 172 Å². The summed E-state index contributed by atoms with van der Waals surface area (Å²) in [6.07, 6.45) is 0.751. The normalized spacial score (nSPS) is 10.9. The van der Waals surface area contributed by atoms with Gasteiger partial charge in [0.05, 0.1) is 27.9 Å². The highest BCUT2D eigenvalue weighted by Gasteiger charge is 2.19. The van der Waals surface area contributed by atoms with Gasteiger partial charge in [0.1, 0.15) is 5.76 Å². The second-order valence-corrected chi connectivity index (χ2v) is 6.99. The van der Waals surface area contributed by atoms with Crippen LogP contribution >= 0.6 is 23.2 Å². The molecule has 0 unspecified atom stereocenters. The number of aryl methyl sites for hydroxylation is 2. The van der Waals surface area contributed by atoms with E-state index in [1.54, 1.807) is 31.2 Å². The highest BCUT2D eigenvalue weighted by Crippen LogP contribution is 2.33. The van der Waals surface area contributed by atoms with E-state index >= 15 is 0 Å². The second kappa shape index (κ2) is 8.67. The third-order valence-corrected chi connectivity index (χ3v) is 4.97.